The summed E-state index contributed by atoms with van der Waals surface area (Å²) >= 11 is 1.31. The van der Waals surface area contributed by atoms with E-state index in [9.17, 15) is 9.59 Å². The van der Waals surface area contributed by atoms with Gasteiger partial charge in [-0.15, -0.1) is 10.2 Å². The summed E-state index contributed by atoms with van der Waals surface area (Å²) in [5.41, 5.74) is 0.492. The maximum Gasteiger partial charge on any atom is 0.340 e. The molecule has 1 amide bonds. The molecular weight excluding hydrogens is 394 g/mol. The van der Waals surface area contributed by atoms with Crippen LogP contribution in [0.1, 0.15) is 36.9 Å². The lowest BCUT2D eigenvalue weighted by atomic mass is 9.98. The summed E-state index contributed by atoms with van der Waals surface area (Å²) < 4.78 is 16.1. The lowest BCUT2D eigenvalue weighted by Crippen LogP contribution is -2.20. The normalized spacial score (nSPS) is 11.5. The number of carbonyl (C=O) groups is 1. The Hall–Kier alpha value is -2.94. The standard InChI is InChI=1S/C20H23N3O5S/c1-10-12(9-15(24)21-19-23-22-18(29-19)20(2,3)4)17(25)28-14-8-11(26-5)7-13(27-6)16(10)14/h7-8H,9H2,1-6H3,(H,21,23,24). The van der Waals surface area contributed by atoms with Gasteiger partial charge in [0.2, 0.25) is 11.0 Å². The second-order valence-corrected chi connectivity index (χ2v) is 8.56. The quantitative estimate of drug-likeness (QED) is 0.634. The SMILES string of the molecule is COc1cc(OC)c2c(C)c(CC(=O)Nc3nnc(C(C)(C)C)s3)c(=O)oc2c1. The smallest absolute Gasteiger partial charge is 0.340 e. The molecule has 0 saturated heterocycles. The highest BCUT2D eigenvalue weighted by atomic mass is 32.1. The number of hydrogen-bond donors (Lipinski definition) is 1. The molecule has 0 aliphatic carbocycles. The van der Waals surface area contributed by atoms with Gasteiger partial charge in [0.15, 0.2) is 0 Å². The van der Waals surface area contributed by atoms with E-state index in [4.69, 9.17) is 13.9 Å². The van der Waals surface area contributed by atoms with Gasteiger partial charge < -0.3 is 19.2 Å². The van der Waals surface area contributed by atoms with E-state index in [1.165, 1.54) is 25.6 Å². The van der Waals surface area contributed by atoms with Crippen LogP contribution in [0.3, 0.4) is 0 Å². The van der Waals surface area contributed by atoms with E-state index < -0.39 is 5.63 Å². The number of carbonyl (C=O) groups excluding carboxylic acids is 1. The van der Waals surface area contributed by atoms with E-state index in [1.807, 2.05) is 20.8 Å². The average molecular weight is 417 g/mol. The minimum absolute atomic E-state index is 0.149. The molecule has 2 heterocycles. The number of anilines is 1. The first-order valence-electron chi connectivity index (χ1n) is 8.96. The Balaban J connectivity index is 1.92. The largest absolute Gasteiger partial charge is 0.496 e. The monoisotopic (exact) mass is 417 g/mol. The van der Waals surface area contributed by atoms with Gasteiger partial charge in [0.1, 0.15) is 22.1 Å². The van der Waals surface area contributed by atoms with Crippen LogP contribution in [-0.2, 0) is 16.6 Å². The van der Waals surface area contributed by atoms with E-state index in [0.717, 1.165) is 5.01 Å². The Morgan fingerprint density at radius 3 is 2.52 bits per heavy atom. The zero-order valence-corrected chi connectivity index (χ0v) is 18.0. The molecule has 0 saturated carbocycles. The molecule has 8 nitrogen and oxygen atoms in total. The van der Waals surface area contributed by atoms with Crippen molar-refractivity contribution in [2.45, 2.75) is 39.5 Å². The van der Waals surface area contributed by atoms with Crippen LogP contribution in [0.4, 0.5) is 5.13 Å². The number of methoxy groups -OCH3 is 2. The summed E-state index contributed by atoms with van der Waals surface area (Å²) in [6.45, 7) is 7.82. The Kier molecular flexibility index (Phi) is 5.61. The molecule has 0 aliphatic heterocycles. The van der Waals surface area contributed by atoms with E-state index in [0.29, 0.717) is 33.2 Å². The second-order valence-electron chi connectivity index (χ2n) is 7.58. The Morgan fingerprint density at radius 1 is 1.21 bits per heavy atom. The van der Waals surface area contributed by atoms with Crippen LogP contribution < -0.4 is 20.4 Å². The van der Waals surface area contributed by atoms with Crippen LogP contribution >= 0.6 is 11.3 Å². The third-order valence-corrected chi connectivity index (χ3v) is 5.69. The van der Waals surface area contributed by atoms with E-state index in [1.54, 1.807) is 19.1 Å². The second kappa shape index (κ2) is 7.82. The maximum atomic E-state index is 12.5. The molecule has 0 unspecified atom stereocenters. The fraction of sp³-hybridized carbons (Fsp3) is 0.400. The number of benzene rings is 1. The van der Waals surface area contributed by atoms with Gasteiger partial charge in [0.05, 0.1) is 31.6 Å². The van der Waals surface area contributed by atoms with Crippen molar-refractivity contribution in [1.82, 2.24) is 10.2 Å². The predicted molar refractivity (Wildman–Crippen MR) is 111 cm³/mol. The number of amides is 1. The molecule has 0 fully saturated rings. The van der Waals surface area contributed by atoms with E-state index in [-0.39, 0.29) is 23.3 Å². The zero-order chi connectivity index (χ0) is 21.3. The molecule has 0 bridgehead atoms. The lowest BCUT2D eigenvalue weighted by Gasteiger charge is -2.12. The van der Waals surface area contributed by atoms with Crippen LogP contribution in [0.15, 0.2) is 21.3 Å². The fourth-order valence-electron chi connectivity index (χ4n) is 2.87. The molecule has 3 aromatic rings. The number of hydrogen-bond acceptors (Lipinski definition) is 8. The van der Waals surface area contributed by atoms with E-state index >= 15 is 0 Å². The van der Waals surface area contributed by atoms with E-state index in [2.05, 4.69) is 15.5 Å². The van der Waals surface area contributed by atoms with Crippen molar-refractivity contribution in [2.75, 3.05) is 19.5 Å². The first-order valence-corrected chi connectivity index (χ1v) is 9.78. The zero-order valence-electron chi connectivity index (χ0n) is 17.2. The lowest BCUT2D eigenvalue weighted by molar-refractivity contribution is -0.115. The summed E-state index contributed by atoms with van der Waals surface area (Å²) in [7, 11) is 3.04. The van der Waals surface area contributed by atoms with Gasteiger partial charge in [-0.25, -0.2) is 4.79 Å². The number of fused-ring (bicyclic) bond motifs is 1. The molecule has 9 heteroatoms. The molecule has 29 heavy (non-hydrogen) atoms. The Morgan fingerprint density at radius 2 is 1.93 bits per heavy atom. The summed E-state index contributed by atoms with van der Waals surface area (Å²) in [5, 5.41) is 12.7. The average Bonchev–Trinajstić information content (AvgIpc) is 3.12. The molecule has 0 radical (unpaired) electrons. The summed E-state index contributed by atoms with van der Waals surface area (Å²) in [6, 6.07) is 3.32. The van der Waals surface area contributed by atoms with Crippen molar-refractivity contribution in [1.29, 1.82) is 0 Å². The molecule has 0 spiro atoms. The molecular formula is C20H23N3O5S. The highest BCUT2D eigenvalue weighted by Crippen LogP contribution is 2.34. The Labute approximate surface area is 171 Å². The third kappa shape index (κ3) is 4.24. The minimum atomic E-state index is -0.576. The van der Waals surface area contributed by atoms with Crippen LogP contribution in [0.2, 0.25) is 0 Å². The molecule has 154 valence electrons. The highest BCUT2D eigenvalue weighted by Gasteiger charge is 2.22. The first-order chi connectivity index (χ1) is 13.6. The van der Waals surface area contributed by atoms with Crippen LogP contribution in [0, 0.1) is 6.92 Å². The van der Waals surface area contributed by atoms with Crippen LogP contribution in [0.5, 0.6) is 11.5 Å². The fourth-order valence-corrected chi connectivity index (χ4v) is 3.68. The number of nitrogens with zero attached hydrogens (tertiary/aromatic N) is 2. The molecule has 1 aromatic carbocycles. The number of ether oxygens (including phenoxy) is 2. The van der Waals surface area contributed by atoms with Gasteiger partial charge in [-0.1, -0.05) is 32.1 Å². The number of aryl methyl sites for hydroxylation is 1. The minimum Gasteiger partial charge on any atom is -0.496 e. The van der Waals surface area contributed by atoms with Crippen molar-refractivity contribution in [3.63, 3.8) is 0 Å². The van der Waals surface area contributed by atoms with Gasteiger partial charge in [-0.05, 0) is 12.5 Å². The molecule has 1 N–H and O–H groups in total. The topological polar surface area (TPSA) is 104 Å². The Bertz CT molecular complexity index is 1130. The molecule has 0 atom stereocenters. The van der Waals surface area contributed by atoms with Gasteiger partial charge in [-0.3, -0.25) is 4.79 Å². The van der Waals surface area contributed by atoms with Gasteiger partial charge in [0.25, 0.3) is 0 Å². The summed E-state index contributed by atoms with van der Waals surface area (Å²) in [5.74, 6) is 0.637. The summed E-state index contributed by atoms with van der Waals surface area (Å²) in [6.07, 6.45) is -0.149. The highest BCUT2D eigenvalue weighted by molar-refractivity contribution is 7.15. The van der Waals surface area contributed by atoms with Crippen LogP contribution in [-0.4, -0.2) is 30.3 Å². The summed E-state index contributed by atoms with van der Waals surface area (Å²) in [4.78, 5) is 25.1. The maximum absolute atomic E-state index is 12.5. The van der Waals surface area contributed by atoms with Crippen LogP contribution in [0.25, 0.3) is 11.0 Å². The van der Waals surface area contributed by atoms with Crippen molar-refractivity contribution in [3.05, 3.63) is 38.7 Å². The number of nitrogens with one attached hydrogen (secondary N) is 1. The third-order valence-electron chi connectivity index (χ3n) is 4.42. The number of rotatable bonds is 5. The molecule has 0 aliphatic rings. The van der Waals surface area contributed by atoms with Crippen molar-refractivity contribution in [2.24, 2.45) is 0 Å². The van der Waals surface area contributed by atoms with Crippen molar-refractivity contribution >= 4 is 33.3 Å². The first kappa shape index (κ1) is 20.8. The molecule has 2 aromatic heterocycles. The van der Waals surface area contributed by atoms with Crippen molar-refractivity contribution in [3.8, 4) is 11.5 Å². The van der Waals surface area contributed by atoms with Gasteiger partial charge in [-0.2, -0.15) is 0 Å². The number of aromatic nitrogens is 2. The van der Waals surface area contributed by atoms with Crippen molar-refractivity contribution < 1.29 is 18.7 Å². The van der Waals surface area contributed by atoms with Gasteiger partial charge in [0, 0.05) is 17.5 Å². The predicted octanol–water partition coefficient (Wildman–Crippen LogP) is 3.45. The van der Waals surface area contributed by atoms with Gasteiger partial charge >= 0.3 is 5.63 Å². The molecule has 3 rings (SSSR count).